The number of thioether (sulfide) groups is 1. The van der Waals surface area contributed by atoms with Crippen LogP contribution < -0.4 is 11.0 Å². The van der Waals surface area contributed by atoms with Crippen LogP contribution in [0.25, 0.3) is 0 Å². The first-order valence-electron chi connectivity index (χ1n) is 7.62. The molecule has 0 atom stereocenters. The Balaban J connectivity index is 2.21. The highest BCUT2D eigenvalue weighted by atomic mass is 32.2. The maximum absolute atomic E-state index is 12.0. The molecular formula is C17H20N4O2S. The van der Waals surface area contributed by atoms with E-state index in [-0.39, 0.29) is 11.5 Å². The Kier molecular flexibility index (Phi) is 6.31. The molecule has 0 radical (unpaired) electrons. The molecule has 7 heteroatoms. The Bertz CT molecular complexity index is 800. The molecule has 0 saturated heterocycles. The van der Waals surface area contributed by atoms with Crippen molar-refractivity contribution in [2.24, 2.45) is 5.10 Å². The summed E-state index contributed by atoms with van der Waals surface area (Å²) in [6.07, 6.45) is 0.651. The summed E-state index contributed by atoms with van der Waals surface area (Å²) in [6, 6.07) is 9.57. The first-order chi connectivity index (χ1) is 11.5. The third-order valence-corrected chi connectivity index (χ3v) is 4.24. The van der Waals surface area contributed by atoms with E-state index in [0.717, 1.165) is 11.3 Å². The quantitative estimate of drug-likeness (QED) is 0.364. The number of amides is 1. The highest BCUT2D eigenvalue weighted by Crippen LogP contribution is 2.15. The molecule has 0 aliphatic heterocycles. The minimum absolute atomic E-state index is 0.104. The molecule has 0 aliphatic carbocycles. The standard InChI is InChI=1S/C17H20N4O2S/c1-4-14-11(2)18-17(19-16(14)23)24-10-15(21-20-12(3)22)13-8-6-5-7-9-13/h5-9H,4,10H2,1-3H3,(H,20,22)(H,18,19,23)/b21-15-. The molecule has 1 heterocycles. The van der Waals surface area contributed by atoms with Crippen molar-refractivity contribution < 1.29 is 4.79 Å². The molecule has 0 unspecified atom stereocenters. The predicted octanol–water partition coefficient (Wildman–Crippen LogP) is 2.27. The maximum atomic E-state index is 12.0. The number of H-pyrrole nitrogens is 1. The van der Waals surface area contributed by atoms with E-state index in [4.69, 9.17) is 0 Å². The smallest absolute Gasteiger partial charge is 0.254 e. The lowest BCUT2D eigenvalue weighted by Crippen LogP contribution is -2.19. The number of hydrogen-bond donors (Lipinski definition) is 2. The summed E-state index contributed by atoms with van der Waals surface area (Å²) in [5, 5.41) is 4.71. The van der Waals surface area contributed by atoms with Crippen LogP contribution >= 0.6 is 11.8 Å². The summed E-state index contributed by atoms with van der Waals surface area (Å²) in [7, 11) is 0. The van der Waals surface area contributed by atoms with Crippen molar-refractivity contribution in [2.45, 2.75) is 32.3 Å². The summed E-state index contributed by atoms with van der Waals surface area (Å²) < 4.78 is 0. The van der Waals surface area contributed by atoms with Crippen molar-refractivity contribution >= 4 is 23.4 Å². The number of hydrazone groups is 1. The molecule has 24 heavy (non-hydrogen) atoms. The molecule has 1 aromatic carbocycles. The number of rotatable bonds is 6. The molecule has 2 N–H and O–H groups in total. The average Bonchev–Trinajstić information content (AvgIpc) is 2.55. The molecule has 0 fully saturated rings. The van der Waals surface area contributed by atoms with Gasteiger partial charge in [-0.05, 0) is 18.9 Å². The zero-order valence-electron chi connectivity index (χ0n) is 13.9. The third kappa shape index (κ3) is 4.79. The molecule has 0 saturated carbocycles. The van der Waals surface area contributed by atoms with Gasteiger partial charge in [-0.2, -0.15) is 5.10 Å². The highest BCUT2D eigenvalue weighted by molar-refractivity contribution is 7.99. The van der Waals surface area contributed by atoms with Crippen molar-refractivity contribution in [1.29, 1.82) is 0 Å². The Morgan fingerprint density at radius 1 is 1.33 bits per heavy atom. The topological polar surface area (TPSA) is 87.2 Å². The number of aryl methyl sites for hydroxylation is 1. The Morgan fingerprint density at radius 3 is 2.62 bits per heavy atom. The third-order valence-electron chi connectivity index (χ3n) is 3.36. The summed E-state index contributed by atoms with van der Waals surface area (Å²) in [6.45, 7) is 5.17. The molecule has 0 aliphatic rings. The second-order valence-corrected chi connectivity index (χ2v) is 6.13. The molecule has 1 amide bonds. The van der Waals surface area contributed by atoms with Crippen LogP contribution in [-0.4, -0.2) is 27.3 Å². The van der Waals surface area contributed by atoms with Crippen molar-refractivity contribution in [2.75, 3.05) is 5.75 Å². The van der Waals surface area contributed by atoms with E-state index in [1.165, 1.54) is 18.7 Å². The van der Waals surface area contributed by atoms with Crippen molar-refractivity contribution in [3.05, 3.63) is 57.5 Å². The van der Waals surface area contributed by atoms with Gasteiger partial charge >= 0.3 is 0 Å². The molecule has 0 bridgehead atoms. The van der Waals surface area contributed by atoms with Gasteiger partial charge in [-0.25, -0.2) is 10.4 Å². The number of carbonyl (C=O) groups is 1. The molecule has 2 rings (SSSR count). The number of nitrogens with zero attached hydrogens (tertiary/aromatic N) is 2. The fraction of sp³-hybridized carbons (Fsp3) is 0.294. The number of benzene rings is 1. The first-order valence-corrected chi connectivity index (χ1v) is 8.61. The summed E-state index contributed by atoms with van der Waals surface area (Å²) in [5.74, 6) is 0.237. The first kappa shape index (κ1) is 17.9. The van der Waals surface area contributed by atoms with E-state index < -0.39 is 0 Å². The van der Waals surface area contributed by atoms with Gasteiger partial charge in [0.05, 0.1) is 5.71 Å². The second kappa shape index (κ2) is 8.44. The molecule has 1 aromatic heterocycles. The predicted molar refractivity (Wildman–Crippen MR) is 96.5 cm³/mol. The summed E-state index contributed by atoms with van der Waals surface area (Å²) in [4.78, 5) is 30.4. The normalized spacial score (nSPS) is 11.4. The van der Waals surface area contributed by atoms with Crippen LogP contribution in [0.2, 0.25) is 0 Å². The monoisotopic (exact) mass is 344 g/mol. The van der Waals surface area contributed by atoms with E-state index in [1.54, 1.807) is 0 Å². The molecule has 6 nitrogen and oxygen atoms in total. The van der Waals surface area contributed by atoms with E-state index in [1.807, 2.05) is 44.2 Å². The van der Waals surface area contributed by atoms with Crippen molar-refractivity contribution in [3.63, 3.8) is 0 Å². The van der Waals surface area contributed by atoms with Crippen LogP contribution in [0.3, 0.4) is 0 Å². The van der Waals surface area contributed by atoms with E-state index >= 15 is 0 Å². The number of carbonyl (C=O) groups excluding carboxylic acids is 1. The average molecular weight is 344 g/mol. The van der Waals surface area contributed by atoms with Gasteiger partial charge in [-0.3, -0.25) is 9.59 Å². The fourth-order valence-electron chi connectivity index (χ4n) is 2.16. The molecular weight excluding hydrogens is 324 g/mol. The van der Waals surface area contributed by atoms with Crippen LogP contribution in [0.1, 0.15) is 30.7 Å². The van der Waals surface area contributed by atoms with Gasteiger partial charge in [0, 0.05) is 23.9 Å². The van der Waals surface area contributed by atoms with Crippen LogP contribution in [0.4, 0.5) is 0 Å². The maximum Gasteiger partial charge on any atom is 0.254 e. The highest BCUT2D eigenvalue weighted by Gasteiger charge is 2.10. The van der Waals surface area contributed by atoms with Gasteiger partial charge < -0.3 is 4.98 Å². The summed E-state index contributed by atoms with van der Waals surface area (Å²) >= 11 is 1.37. The largest absolute Gasteiger partial charge is 0.301 e. The van der Waals surface area contributed by atoms with Gasteiger partial charge in [-0.15, -0.1) is 0 Å². The fourth-order valence-corrected chi connectivity index (χ4v) is 3.03. The van der Waals surface area contributed by atoms with Crippen LogP contribution in [0.5, 0.6) is 0 Å². The Hall–Kier alpha value is -2.41. The minimum atomic E-state index is -0.233. The van der Waals surface area contributed by atoms with Crippen LogP contribution in [0.15, 0.2) is 45.4 Å². The van der Waals surface area contributed by atoms with Crippen molar-refractivity contribution in [1.82, 2.24) is 15.4 Å². The van der Waals surface area contributed by atoms with Gasteiger partial charge in [0.15, 0.2) is 5.16 Å². The van der Waals surface area contributed by atoms with Gasteiger partial charge in [0.25, 0.3) is 5.56 Å². The lowest BCUT2D eigenvalue weighted by atomic mass is 10.1. The van der Waals surface area contributed by atoms with Gasteiger partial charge in [-0.1, -0.05) is 49.0 Å². The van der Waals surface area contributed by atoms with E-state index in [9.17, 15) is 9.59 Å². The second-order valence-electron chi connectivity index (χ2n) is 5.17. The van der Waals surface area contributed by atoms with Gasteiger partial charge in [0.2, 0.25) is 5.91 Å². The number of nitrogens with one attached hydrogen (secondary N) is 2. The van der Waals surface area contributed by atoms with E-state index in [0.29, 0.717) is 28.6 Å². The number of aromatic amines is 1. The molecule has 2 aromatic rings. The summed E-state index contributed by atoms with van der Waals surface area (Å²) in [5.41, 5.74) is 5.41. The Labute approximate surface area is 144 Å². The van der Waals surface area contributed by atoms with Crippen LogP contribution in [-0.2, 0) is 11.2 Å². The number of hydrogen-bond acceptors (Lipinski definition) is 5. The van der Waals surface area contributed by atoms with Crippen molar-refractivity contribution in [3.8, 4) is 0 Å². The minimum Gasteiger partial charge on any atom is -0.301 e. The van der Waals surface area contributed by atoms with Crippen LogP contribution in [0, 0.1) is 6.92 Å². The SMILES string of the molecule is CCc1c(C)nc(SC/C(=N/NC(C)=O)c2ccccc2)[nH]c1=O. The van der Waals surface area contributed by atoms with E-state index in [2.05, 4.69) is 20.5 Å². The zero-order chi connectivity index (χ0) is 17.5. The lowest BCUT2D eigenvalue weighted by Gasteiger charge is -2.08. The lowest BCUT2D eigenvalue weighted by molar-refractivity contribution is -0.118. The Morgan fingerprint density at radius 2 is 2.04 bits per heavy atom. The number of aromatic nitrogens is 2. The van der Waals surface area contributed by atoms with Gasteiger partial charge in [0.1, 0.15) is 0 Å². The molecule has 126 valence electrons. The molecule has 0 spiro atoms. The zero-order valence-corrected chi connectivity index (χ0v) is 14.7.